The monoisotopic (exact) mass is 663 g/mol. The third-order valence-electron chi connectivity index (χ3n) is 6.44. The zero-order chi connectivity index (χ0) is 28.3. The summed E-state index contributed by atoms with van der Waals surface area (Å²) >= 11 is 1.96. The summed E-state index contributed by atoms with van der Waals surface area (Å²) in [6, 6.07) is 18.9. The lowest BCUT2D eigenvalue weighted by molar-refractivity contribution is -0.120. The molecule has 0 saturated carbocycles. The number of nitrogens with zero attached hydrogens (tertiary/aromatic N) is 1. The van der Waals surface area contributed by atoms with E-state index in [9.17, 15) is 27.5 Å². The Morgan fingerprint density at radius 1 is 1.10 bits per heavy atom. The molecule has 0 aliphatic rings. The maximum atomic E-state index is 14.6. The van der Waals surface area contributed by atoms with Crippen molar-refractivity contribution in [3.8, 4) is 17.1 Å². The fourth-order valence-corrected chi connectivity index (χ4v) is 5.40. The quantitative estimate of drug-likeness (QED) is 0.221. The summed E-state index contributed by atoms with van der Waals surface area (Å²) in [5.74, 6) is -2.33. The molecule has 0 radical (unpaired) electrons. The van der Waals surface area contributed by atoms with Gasteiger partial charge in [-0.05, 0) is 58.3 Å². The minimum absolute atomic E-state index is 0.000130. The molecule has 1 aromatic heterocycles. The van der Waals surface area contributed by atoms with Gasteiger partial charge in [0.1, 0.15) is 27.4 Å². The largest absolute Gasteiger partial charge is 0.493 e. The Kier molecular flexibility index (Phi) is 8.60. The normalized spacial score (nSPS) is 13.1. The number of imidazole rings is 1. The number of anilines is 1. The molecule has 1 amide bonds. The van der Waals surface area contributed by atoms with E-state index in [-0.39, 0.29) is 17.1 Å². The maximum absolute atomic E-state index is 14.6. The average molecular weight is 664 g/mol. The van der Waals surface area contributed by atoms with Gasteiger partial charge in [0.2, 0.25) is 11.8 Å². The summed E-state index contributed by atoms with van der Waals surface area (Å²) < 4.78 is 39.1. The van der Waals surface area contributed by atoms with Crippen LogP contribution in [-0.2, 0) is 21.1 Å². The second kappa shape index (κ2) is 11.7. The fraction of sp³-hybridized carbons (Fsp3) is 0.214. The molecule has 4 rings (SSSR count). The number of aryl methyl sites for hydroxylation is 1. The highest BCUT2D eigenvalue weighted by Gasteiger charge is 2.33. The van der Waals surface area contributed by atoms with Gasteiger partial charge >= 0.3 is 5.69 Å². The molecule has 1 heterocycles. The van der Waals surface area contributed by atoms with Crippen LogP contribution in [0.25, 0.3) is 11.3 Å². The molecule has 0 aliphatic carbocycles. The molecule has 3 aromatic carbocycles. The van der Waals surface area contributed by atoms with Gasteiger partial charge in [0.15, 0.2) is 0 Å². The highest BCUT2D eigenvalue weighted by atomic mass is 127. The molecule has 0 aliphatic heterocycles. The van der Waals surface area contributed by atoms with Crippen LogP contribution in [0.3, 0.4) is 0 Å². The van der Waals surface area contributed by atoms with Crippen LogP contribution in [0.15, 0.2) is 77.6 Å². The molecule has 0 saturated heterocycles. The number of aromatic amines is 1. The lowest BCUT2D eigenvalue weighted by atomic mass is 9.92. The van der Waals surface area contributed by atoms with Crippen LogP contribution >= 0.6 is 22.6 Å². The predicted molar refractivity (Wildman–Crippen MR) is 157 cm³/mol. The number of sulfone groups is 1. The topological polar surface area (TPSA) is 121 Å². The van der Waals surface area contributed by atoms with Gasteiger partial charge < -0.3 is 15.4 Å². The second-order valence-electron chi connectivity index (χ2n) is 9.33. The summed E-state index contributed by atoms with van der Waals surface area (Å²) in [7, 11) is -3.12. The number of aromatic hydroxyl groups is 1. The SMILES string of the molecule is C[C@@H](c1ccccc1)[C@@H](C(=O)Nc1ccc(I)cc1F)n1c(O)c(-c2ccc(CCS(C)(=O)=O)cc2)[nH]c1=O. The van der Waals surface area contributed by atoms with Crippen molar-refractivity contribution in [3.05, 3.63) is 104 Å². The lowest BCUT2D eigenvalue weighted by Gasteiger charge is -2.25. The summed E-state index contributed by atoms with van der Waals surface area (Å²) in [6.45, 7) is 1.75. The van der Waals surface area contributed by atoms with Gasteiger partial charge in [0.25, 0.3) is 0 Å². The number of carbonyl (C=O) groups excluding carboxylic acids is 1. The van der Waals surface area contributed by atoms with Crippen LogP contribution in [0.2, 0.25) is 0 Å². The predicted octanol–water partition coefficient (Wildman–Crippen LogP) is 4.86. The van der Waals surface area contributed by atoms with Crippen LogP contribution < -0.4 is 11.0 Å². The molecule has 2 atom stereocenters. The van der Waals surface area contributed by atoms with Crippen LogP contribution in [0.1, 0.15) is 30.0 Å². The average Bonchev–Trinajstić information content (AvgIpc) is 3.18. The third-order valence-corrected chi connectivity index (χ3v) is 8.06. The number of carbonyl (C=O) groups is 1. The Morgan fingerprint density at radius 3 is 2.38 bits per heavy atom. The van der Waals surface area contributed by atoms with Crippen molar-refractivity contribution in [2.75, 3.05) is 17.3 Å². The molecular weight excluding hydrogens is 636 g/mol. The first-order valence-corrected chi connectivity index (χ1v) is 15.2. The van der Waals surface area contributed by atoms with E-state index in [1.807, 2.05) is 28.7 Å². The van der Waals surface area contributed by atoms with Crippen LogP contribution in [0.4, 0.5) is 10.1 Å². The first kappa shape index (κ1) is 28.6. The minimum Gasteiger partial charge on any atom is -0.493 e. The van der Waals surface area contributed by atoms with Gasteiger partial charge in [-0.3, -0.25) is 4.79 Å². The second-order valence-corrected chi connectivity index (χ2v) is 12.8. The summed E-state index contributed by atoms with van der Waals surface area (Å²) in [5.41, 5.74) is 1.34. The summed E-state index contributed by atoms with van der Waals surface area (Å²) in [4.78, 5) is 29.4. The van der Waals surface area contributed by atoms with Crippen molar-refractivity contribution in [2.24, 2.45) is 0 Å². The van der Waals surface area contributed by atoms with E-state index in [2.05, 4.69) is 10.3 Å². The molecule has 0 bridgehead atoms. The Hall–Kier alpha value is -3.45. The van der Waals surface area contributed by atoms with Gasteiger partial charge in [-0.1, -0.05) is 61.5 Å². The molecule has 0 unspecified atom stereocenters. The molecule has 4 aromatic rings. The highest BCUT2D eigenvalue weighted by molar-refractivity contribution is 14.1. The van der Waals surface area contributed by atoms with E-state index in [1.165, 1.54) is 18.4 Å². The molecule has 8 nitrogen and oxygen atoms in total. The zero-order valence-electron chi connectivity index (χ0n) is 21.2. The number of hydrogen-bond donors (Lipinski definition) is 3. The summed E-state index contributed by atoms with van der Waals surface area (Å²) in [6.07, 6.45) is 1.50. The van der Waals surface area contributed by atoms with Gasteiger partial charge in [-0.25, -0.2) is 22.2 Å². The van der Waals surface area contributed by atoms with Gasteiger partial charge in [0.05, 0.1) is 11.4 Å². The molecular formula is C28H27FIN3O5S. The minimum atomic E-state index is -3.12. The van der Waals surface area contributed by atoms with Gasteiger partial charge in [-0.2, -0.15) is 0 Å². The van der Waals surface area contributed by atoms with E-state index >= 15 is 0 Å². The standard InChI is InChI=1S/C28H27FIN3O5S/c1-17(19-6-4-3-5-7-19)25(26(34)31-23-13-12-21(30)16-22(23)29)33-27(35)24(32-28(33)36)20-10-8-18(9-11-20)14-15-39(2,37)38/h3-13,16-17,25,35H,14-15H2,1-2H3,(H,31,34)(H,32,36)/t17-,25-/m0/s1. The van der Waals surface area contributed by atoms with Gasteiger partial charge in [-0.15, -0.1) is 0 Å². The van der Waals surface area contributed by atoms with Crippen molar-refractivity contribution < 1.29 is 22.7 Å². The Balaban J connectivity index is 1.73. The molecule has 204 valence electrons. The number of H-pyrrole nitrogens is 1. The highest BCUT2D eigenvalue weighted by Crippen LogP contribution is 2.35. The van der Waals surface area contributed by atoms with Crippen molar-refractivity contribution in [1.82, 2.24) is 9.55 Å². The third kappa shape index (κ3) is 6.77. The van der Waals surface area contributed by atoms with Gasteiger partial charge in [0, 0.05) is 21.3 Å². The van der Waals surface area contributed by atoms with Crippen molar-refractivity contribution in [3.63, 3.8) is 0 Å². The maximum Gasteiger partial charge on any atom is 0.329 e. The Bertz CT molecular complexity index is 1650. The van der Waals surface area contributed by atoms with Crippen molar-refractivity contribution in [1.29, 1.82) is 0 Å². The number of rotatable bonds is 9. The van der Waals surface area contributed by atoms with Crippen LogP contribution in [-0.4, -0.2) is 41.0 Å². The number of hydrogen-bond acceptors (Lipinski definition) is 5. The van der Waals surface area contributed by atoms with E-state index in [0.717, 1.165) is 15.7 Å². The molecule has 0 spiro atoms. The fourth-order valence-electron chi connectivity index (χ4n) is 4.34. The smallest absolute Gasteiger partial charge is 0.329 e. The van der Waals surface area contributed by atoms with E-state index in [4.69, 9.17) is 0 Å². The number of aromatic nitrogens is 2. The Morgan fingerprint density at radius 2 is 1.77 bits per heavy atom. The molecule has 11 heteroatoms. The van der Waals surface area contributed by atoms with E-state index in [0.29, 0.717) is 15.6 Å². The van der Waals surface area contributed by atoms with Crippen molar-refractivity contribution >= 4 is 44.0 Å². The number of nitrogens with one attached hydrogen (secondary N) is 2. The molecule has 3 N–H and O–H groups in total. The first-order valence-electron chi connectivity index (χ1n) is 12.1. The molecule has 0 fully saturated rings. The van der Waals surface area contributed by atoms with Crippen LogP contribution in [0, 0.1) is 9.39 Å². The first-order chi connectivity index (χ1) is 18.4. The number of amides is 1. The zero-order valence-corrected chi connectivity index (χ0v) is 24.2. The molecule has 39 heavy (non-hydrogen) atoms. The number of halogens is 2. The van der Waals surface area contributed by atoms with Crippen molar-refractivity contribution in [2.45, 2.75) is 25.3 Å². The van der Waals surface area contributed by atoms with Crippen LogP contribution in [0.5, 0.6) is 5.88 Å². The van der Waals surface area contributed by atoms with E-state index in [1.54, 1.807) is 61.5 Å². The Labute approximate surface area is 239 Å². The van der Waals surface area contributed by atoms with E-state index < -0.39 is 45.1 Å². The lowest BCUT2D eigenvalue weighted by Crippen LogP contribution is -2.35. The number of benzene rings is 3. The summed E-state index contributed by atoms with van der Waals surface area (Å²) in [5, 5.41) is 13.8.